The number of nitrogens with one attached hydrogen (secondary N) is 1. The topological polar surface area (TPSA) is 17.0 Å². The van der Waals surface area contributed by atoms with Crippen molar-refractivity contribution in [3.05, 3.63) is 52.0 Å². The molecule has 2 heterocycles. The summed E-state index contributed by atoms with van der Waals surface area (Å²) in [4.78, 5) is 0. The molecule has 0 saturated heterocycles. The molecule has 1 aliphatic rings. The van der Waals surface area contributed by atoms with Gasteiger partial charge in [0, 0.05) is 21.1 Å². The molecule has 2 nitrogen and oxygen atoms in total. The molecule has 0 spiro atoms. The van der Waals surface area contributed by atoms with Crippen molar-refractivity contribution in [1.29, 1.82) is 0 Å². The van der Waals surface area contributed by atoms with E-state index in [0.29, 0.717) is 16.9 Å². The third-order valence-corrected chi connectivity index (χ3v) is 5.34. The Labute approximate surface area is 151 Å². The number of hydrogen-bond acceptors (Lipinski definition) is 1. The van der Waals surface area contributed by atoms with Gasteiger partial charge in [0.2, 0.25) is 6.17 Å². The van der Waals surface area contributed by atoms with Crippen LogP contribution in [0.1, 0.15) is 24.2 Å². The zero-order chi connectivity index (χ0) is 17.9. The molecule has 0 unspecified atom stereocenters. The zero-order valence-electron chi connectivity index (χ0n) is 13.7. The summed E-state index contributed by atoms with van der Waals surface area (Å²) in [5, 5.41) is 3.55. The summed E-state index contributed by atoms with van der Waals surface area (Å²) in [5.74, 6) is 0. The van der Waals surface area contributed by atoms with Crippen LogP contribution in [-0.4, -0.2) is 10.7 Å². The Morgan fingerprint density at radius 1 is 1.20 bits per heavy atom. The molecule has 0 saturated carbocycles. The lowest BCUT2D eigenvalue weighted by molar-refractivity contribution is -0.159. The highest BCUT2D eigenvalue weighted by Gasteiger charge is 2.46. The average molecular weight is 409 g/mol. The third-order valence-electron chi connectivity index (χ3n) is 4.85. The van der Waals surface area contributed by atoms with Crippen molar-refractivity contribution < 1.29 is 13.2 Å². The molecule has 1 atom stereocenters. The van der Waals surface area contributed by atoms with E-state index in [4.69, 9.17) is 0 Å². The van der Waals surface area contributed by atoms with Gasteiger partial charge in [-0.25, -0.2) is 0 Å². The van der Waals surface area contributed by atoms with Crippen LogP contribution in [0.25, 0.3) is 22.2 Å². The fraction of sp³-hybridized carbons (Fsp3) is 0.263. The summed E-state index contributed by atoms with van der Waals surface area (Å²) in [6, 6.07) is 10.9. The lowest BCUT2D eigenvalue weighted by Gasteiger charge is -2.33. The minimum Gasteiger partial charge on any atom is -0.357 e. The number of halogens is 4. The Kier molecular flexibility index (Phi) is 3.65. The number of hydrogen-bond donors (Lipinski definition) is 1. The summed E-state index contributed by atoms with van der Waals surface area (Å²) in [6.07, 6.45) is -5.42. The molecule has 0 fully saturated rings. The predicted molar refractivity (Wildman–Crippen MR) is 97.9 cm³/mol. The highest BCUT2D eigenvalue weighted by atomic mass is 79.9. The van der Waals surface area contributed by atoms with Crippen molar-refractivity contribution in [3.63, 3.8) is 0 Å². The molecule has 2 aromatic carbocycles. The highest BCUT2D eigenvalue weighted by molar-refractivity contribution is 9.10. The first kappa shape index (κ1) is 16.5. The van der Waals surface area contributed by atoms with Crippen LogP contribution in [0.15, 0.2) is 40.9 Å². The Morgan fingerprint density at radius 3 is 2.64 bits per heavy atom. The number of anilines is 1. The molecule has 0 amide bonds. The number of nitrogens with zero attached hydrogens (tertiary/aromatic N) is 1. The summed E-state index contributed by atoms with van der Waals surface area (Å²) in [6.45, 7) is 3.92. The number of aryl methyl sites for hydroxylation is 2. The van der Waals surface area contributed by atoms with Gasteiger partial charge in [-0.05, 0) is 48.7 Å². The number of alkyl halides is 3. The predicted octanol–water partition coefficient (Wildman–Crippen LogP) is 6.43. The van der Waals surface area contributed by atoms with Gasteiger partial charge in [0.25, 0.3) is 0 Å². The molecule has 0 aliphatic carbocycles. The number of fused-ring (bicyclic) bond motifs is 5. The molecule has 130 valence electrons. The quantitative estimate of drug-likeness (QED) is 0.490. The lowest BCUT2D eigenvalue weighted by Crippen LogP contribution is -2.36. The summed E-state index contributed by atoms with van der Waals surface area (Å²) < 4.78 is 43.7. The number of benzene rings is 2. The van der Waals surface area contributed by atoms with Crippen LogP contribution in [0, 0.1) is 6.92 Å². The molecular weight excluding hydrogens is 393 g/mol. The van der Waals surface area contributed by atoms with Crippen molar-refractivity contribution in [2.24, 2.45) is 0 Å². The molecule has 4 rings (SSSR count). The standard InChI is InChI=1S/C19H16BrF3N2/c1-3-11-5-4-6-14-16(11)17-10(2)13-9-12(20)7-8-15(13)25(17)18(24-14)19(21,22)23/h4-9,18,24H,3H2,1-2H3/t18-/m1/s1. The third kappa shape index (κ3) is 2.38. The van der Waals surface area contributed by atoms with E-state index < -0.39 is 12.3 Å². The largest absolute Gasteiger partial charge is 0.427 e. The SMILES string of the molecule is CCc1cccc2c1-c1c(C)c3cc(Br)ccc3n1[C@H](C(F)(F)F)N2. The van der Waals surface area contributed by atoms with Gasteiger partial charge in [-0.2, -0.15) is 13.2 Å². The number of rotatable bonds is 1. The Bertz CT molecular complexity index is 988. The van der Waals surface area contributed by atoms with Crippen LogP contribution in [-0.2, 0) is 6.42 Å². The second-order valence-corrected chi connectivity index (χ2v) is 7.20. The lowest BCUT2D eigenvalue weighted by atomic mass is 9.95. The van der Waals surface area contributed by atoms with Gasteiger partial charge in [0.15, 0.2) is 0 Å². The minimum atomic E-state index is -4.40. The van der Waals surface area contributed by atoms with E-state index in [9.17, 15) is 13.2 Å². The summed E-state index contributed by atoms with van der Waals surface area (Å²) in [5.41, 5.74) is 4.56. The van der Waals surface area contributed by atoms with Gasteiger partial charge in [0.05, 0.1) is 11.2 Å². The van der Waals surface area contributed by atoms with Crippen LogP contribution >= 0.6 is 15.9 Å². The van der Waals surface area contributed by atoms with Crippen LogP contribution in [0.2, 0.25) is 0 Å². The zero-order valence-corrected chi connectivity index (χ0v) is 15.3. The maximum Gasteiger partial charge on any atom is 0.427 e. The molecule has 25 heavy (non-hydrogen) atoms. The summed E-state index contributed by atoms with van der Waals surface area (Å²) >= 11 is 3.43. The molecule has 6 heteroatoms. The molecule has 1 N–H and O–H groups in total. The van der Waals surface area contributed by atoms with Crippen LogP contribution in [0.5, 0.6) is 0 Å². The smallest absolute Gasteiger partial charge is 0.357 e. The van der Waals surface area contributed by atoms with Crippen LogP contribution in [0.4, 0.5) is 18.9 Å². The first-order chi connectivity index (χ1) is 11.8. The fourth-order valence-corrected chi connectivity index (χ4v) is 4.12. The Balaban J connectivity index is 2.16. The van der Waals surface area contributed by atoms with Crippen molar-refractivity contribution >= 4 is 32.5 Å². The second-order valence-electron chi connectivity index (χ2n) is 6.29. The van der Waals surface area contributed by atoms with Crippen molar-refractivity contribution in [1.82, 2.24) is 4.57 Å². The first-order valence-corrected chi connectivity index (χ1v) is 8.87. The van der Waals surface area contributed by atoms with Gasteiger partial charge < -0.3 is 9.88 Å². The first-order valence-electron chi connectivity index (χ1n) is 8.08. The molecule has 0 bridgehead atoms. The molecule has 3 aromatic rings. The average Bonchev–Trinajstić information content (AvgIpc) is 2.85. The van der Waals surface area contributed by atoms with E-state index in [0.717, 1.165) is 33.0 Å². The second kappa shape index (κ2) is 5.53. The van der Waals surface area contributed by atoms with Gasteiger partial charge in [-0.1, -0.05) is 35.0 Å². The molecule has 0 radical (unpaired) electrons. The maximum absolute atomic E-state index is 13.8. The van der Waals surface area contributed by atoms with Crippen molar-refractivity contribution in [2.45, 2.75) is 32.6 Å². The fourth-order valence-electron chi connectivity index (χ4n) is 3.76. The Morgan fingerprint density at radius 2 is 1.96 bits per heavy atom. The monoisotopic (exact) mass is 408 g/mol. The van der Waals surface area contributed by atoms with Crippen LogP contribution in [0.3, 0.4) is 0 Å². The van der Waals surface area contributed by atoms with Gasteiger partial charge in [0.1, 0.15) is 0 Å². The van der Waals surface area contributed by atoms with Crippen LogP contribution < -0.4 is 5.32 Å². The maximum atomic E-state index is 13.8. The molecular formula is C19H16BrF3N2. The van der Waals surface area contributed by atoms with E-state index in [2.05, 4.69) is 21.2 Å². The highest BCUT2D eigenvalue weighted by Crippen LogP contribution is 2.49. The Hall–Kier alpha value is -1.95. The van der Waals surface area contributed by atoms with E-state index in [1.165, 1.54) is 4.57 Å². The van der Waals surface area contributed by atoms with Crippen molar-refractivity contribution in [2.75, 3.05) is 5.32 Å². The number of aromatic nitrogens is 1. The van der Waals surface area contributed by atoms with E-state index in [1.807, 2.05) is 32.0 Å². The van der Waals surface area contributed by atoms with Gasteiger partial charge in [-0.3, -0.25) is 0 Å². The normalized spacial score (nSPS) is 16.5. The minimum absolute atomic E-state index is 0.541. The molecule has 1 aliphatic heterocycles. The van der Waals surface area contributed by atoms with E-state index >= 15 is 0 Å². The van der Waals surface area contributed by atoms with Gasteiger partial charge >= 0.3 is 6.18 Å². The molecule has 1 aromatic heterocycles. The summed E-state index contributed by atoms with van der Waals surface area (Å²) in [7, 11) is 0. The van der Waals surface area contributed by atoms with Crippen molar-refractivity contribution in [3.8, 4) is 11.3 Å². The van der Waals surface area contributed by atoms with Gasteiger partial charge in [-0.15, -0.1) is 0 Å². The van der Waals surface area contributed by atoms with E-state index in [-0.39, 0.29) is 0 Å². The van der Waals surface area contributed by atoms with E-state index in [1.54, 1.807) is 18.2 Å².